The van der Waals surface area contributed by atoms with Gasteiger partial charge < -0.3 is 9.67 Å². The molecule has 0 radical (unpaired) electrons. The van der Waals surface area contributed by atoms with Crippen molar-refractivity contribution in [2.24, 2.45) is 0 Å². The standard InChI is InChI=1S/C11H13N3O/c1-2-11-13-5-6-14(11)10-3-4-12-7-9(10)8-15/h3-7,15H,2,8H2,1H3. The molecule has 4 nitrogen and oxygen atoms in total. The summed E-state index contributed by atoms with van der Waals surface area (Å²) in [5.41, 5.74) is 1.76. The third kappa shape index (κ3) is 1.76. The second kappa shape index (κ2) is 4.23. The zero-order valence-corrected chi connectivity index (χ0v) is 8.59. The maximum Gasteiger partial charge on any atom is 0.112 e. The molecular formula is C11H13N3O. The Hall–Kier alpha value is -1.68. The van der Waals surface area contributed by atoms with Crippen LogP contribution in [0.3, 0.4) is 0 Å². The molecule has 0 amide bonds. The molecule has 0 unspecified atom stereocenters. The zero-order valence-electron chi connectivity index (χ0n) is 8.59. The molecule has 0 aromatic carbocycles. The first-order chi connectivity index (χ1) is 7.36. The van der Waals surface area contributed by atoms with Gasteiger partial charge in [-0.15, -0.1) is 0 Å². The number of aromatic nitrogens is 3. The van der Waals surface area contributed by atoms with Crippen molar-refractivity contribution in [2.45, 2.75) is 20.0 Å². The maximum atomic E-state index is 9.21. The van der Waals surface area contributed by atoms with E-state index in [1.807, 2.05) is 16.8 Å². The van der Waals surface area contributed by atoms with E-state index in [1.165, 1.54) is 0 Å². The number of hydrogen-bond acceptors (Lipinski definition) is 3. The number of nitrogens with zero attached hydrogens (tertiary/aromatic N) is 3. The van der Waals surface area contributed by atoms with Crippen LogP contribution in [0, 0.1) is 0 Å². The van der Waals surface area contributed by atoms with Crippen LogP contribution in [0.5, 0.6) is 0 Å². The van der Waals surface area contributed by atoms with Crippen molar-refractivity contribution in [1.29, 1.82) is 0 Å². The van der Waals surface area contributed by atoms with Crippen LogP contribution >= 0.6 is 0 Å². The fourth-order valence-corrected chi connectivity index (χ4v) is 1.59. The molecule has 0 fully saturated rings. The third-order valence-electron chi connectivity index (χ3n) is 2.34. The molecule has 15 heavy (non-hydrogen) atoms. The van der Waals surface area contributed by atoms with Gasteiger partial charge in [-0.2, -0.15) is 0 Å². The molecule has 0 aliphatic carbocycles. The van der Waals surface area contributed by atoms with E-state index in [1.54, 1.807) is 18.6 Å². The van der Waals surface area contributed by atoms with Crippen molar-refractivity contribution in [3.05, 3.63) is 42.2 Å². The fourth-order valence-electron chi connectivity index (χ4n) is 1.59. The summed E-state index contributed by atoms with van der Waals surface area (Å²) in [6.07, 6.45) is 7.91. The molecule has 0 spiro atoms. The molecule has 0 saturated carbocycles. The first-order valence-electron chi connectivity index (χ1n) is 4.93. The summed E-state index contributed by atoms with van der Waals surface area (Å²) in [5, 5.41) is 9.21. The normalized spacial score (nSPS) is 10.5. The van der Waals surface area contributed by atoms with Crippen LogP contribution in [0.15, 0.2) is 30.9 Å². The number of aliphatic hydroxyl groups is 1. The topological polar surface area (TPSA) is 50.9 Å². The minimum atomic E-state index is -0.00942. The van der Waals surface area contributed by atoms with E-state index in [-0.39, 0.29) is 6.61 Å². The van der Waals surface area contributed by atoms with Crippen LogP contribution in [0.4, 0.5) is 0 Å². The van der Waals surface area contributed by atoms with Crippen LogP contribution in [0.25, 0.3) is 5.69 Å². The number of rotatable bonds is 3. The van der Waals surface area contributed by atoms with Gasteiger partial charge in [-0.25, -0.2) is 4.98 Å². The molecule has 78 valence electrons. The second-order valence-corrected chi connectivity index (χ2v) is 3.23. The van der Waals surface area contributed by atoms with Crippen LogP contribution in [0.2, 0.25) is 0 Å². The van der Waals surface area contributed by atoms with Crippen molar-refractivity contribution in [1.82, 2.24) is 14.5 Å². The second-order valence-electron chi connectivity index (χ2n) is 3.23. The predicted molar refractivity (Wildman–Crippen MR) is 56.7 cm³/mol. The molecule has 4 heteroatoms. The SMILES string of the molecule is CCc1nccn1-c1ccncc1CO. The predicted octanol–water partition coefficient (Wildman–Crippen LogP) is 1.32. The van der Waals surface area contributed by atoms with Gasteiger partial charge in [0.25, 0.3) is 0 Å². The highest BCUT2D eigenvalue weighted by atomic mass is 16.3. The summed E-state index contributed by atoms with van der Waals surface area (Å²) >= 11 is 0. The number of aryl methyl sites for hydroxylation is 1. The van der Waals surface area contributed by atoms with E-state index in [0.29, 0.717) is 0 Å². The van der Waals surface area contributed by atoms with Crippen LogP contribution in [0.1, 0.15) is 18.3 Å². The van der Waals surface area contributed by atoms with E-state index in [2.05, 4.69) is 16.9 Å². The minimum absolute atomic E-state index is 0.00942. The lowest BCUT2D eigenvalue weighted by Crippen LogP contribution is -2.03. The van der Waals surface area contributed by atoms with Gasteiger partial charge in [-0.05, 0) is 6.07 Å². The van der Waals surface area contributed by atoms with E-state index in [9.17, 15) is 5.11 Å². The Labute approximate surface area is 88.2 Å². The summed E-state index contributed by atoms with van der Waals surface area (Å²) in [6.45, 7) is 2.04. The van der Waals surface area contributed by atoms with Gasteiger partial charge >= 0.3 is 0 Å². The minimum Gasteiger partial charge on any atom is -0.392 e. The molecular weight excluding hydrogens is 190 g/mol. The molecule has 0 atom stereocenters. The lowest BCUT2D eigenvalue weighted by molar-refractivity contribution is 0.281. The van der Waals surface area contributed by atoms with Crippen LogP contribution in [-0.2, 0) is 13.0 Å². The lowest BCUT2D eigenvalue weighted by Gasteiger charge is -2.09. The smallest absolute Gasteiger partial charge is 0.112 e. The molecule has 0 bridgehead atoms. The van der Waals surface area contributed by atoms with Crippen LogP contribution in [-0.4, -0.2) is 19.6 Å². The highest BCUT2D eigenvalue weighted by Crippen LogP contribution is 2.15. The van der Waals surface area contributed by atoms with Crippen LogP contribution < -0.4 is 0 Å². The number of imidazole rings is 1. The number of pyridine rings is 1. The molecule has 1 N–H and O–H groups in total. The highest BCUT2D eigenvalue weighted by molar-refractivity contribution is 5.39. The Morgan fingerprint density at radius 3 is 3.00 bits per heavy atom. The Morgan fingerprint density at radius 2 is 2.27 bits per heavy atom. The van der Waals surface area contributed by atoms with E-state index in [0.717, 1.165) is 23.5 Å². The Morgan fingerprint density at radius 1 is 1.40 bits per heavy atom. The van der Waals surface area contributed by atoms with Gasteiger partial charge in [0.05, 0.1) is 12.3 Å². The van der Waals surface area contributed by atoms with E-state index in [4.69, 9.17) is 0 Å². The lowest BCUT2D eigenvalue weighted by atomic mass is 10.2. The van der Waals surface area contributed by atoms with Crippen molar-refractivity contribution in [3.63, 3.8) is 0 Å². The Bertz CT molecular complexity index is 451. The molecule has 0 aliphatic rings. The summed E-state index contributed by atoms with van der Waals surface area (Å²) in [7, 11) is 0. The average Bonchev–Trinajstić information content (AvgIpc) is 2.76. The third-order valence-corrected chi connectivity index (χ3v) is 2.34. The Kier molecular flexibility index (Phi) is 2.78. The quantitative estimate of drug-likeness (QED) is 0.818. The summed E-state index contributed by atoms with van der Waals surface area (Å²) < 4.78 is 1.98. The number of hydrogen-bond donors (Lipinski definition) is 1. The van der Waals surface area contributed by atoms with Gasteiger partial charge in [0, 0.05) is 36.8 Å². The van der Waals surface area contributed by atoms with E-state index < -0.39 is 0 Å². The summed E-state index contributed by atoms with van der Waals surface area (Å²) in [4.78, 5) is 8.24. The fraction of sp³-hybridized carbons (Fsp3) is 0.273. The largest absolute Gasteiger partial charge is 0.392 e. The summed E-state index contributed by atoms with van der Waals surface area (Å²) in [6, 6.07) is 1.88. The van der Waals surface area contributed by atoms with Gasteiger partial charge in [0.2, 0.25) is 0 Å². The van der Waals surface area contributed by atoms with Crippen molar-refractivity contribution in [3.8, 4) is 5.69 Å². The monoisotopic (exact) mass is 203 g/mol. The molecule has 2 aromatic heterocycles. The first kappa shape index (κ1) is 9.86. The van der Waals surface area contributed by atoms with Crippen molar-refractivity contribution < 1.29 is 5.11 Å². The average molecular weight is 203 g/mol. The first-order valence-corrected chi connectivity index (χ1v) is 4.93. The van der Waals surface area contributed by atoms with Crippen molar-refractivity contribution >= 4 is 0 Å². The van der Waals surface area contributed by atoms with Gasteiger partial charge in [0.15, 0.2) is 0 Å². The zero-order chi connectivity index (χ0) is 10.7. The van der Waals surface area contributed by atoms with Gasteiger partial charge in [-0.1, -0.05) is 6.92 Å². The number of aliphatic hydroxyl groups excluding tert-OH is 1. The molecule has 0 saturated heterocycles. The molecule has 2 aromatic rings. The highest BCUT2D eigenvalue weighted by Gasteiger charge is 2.06. The molecule has 0 aliphatic heterocycles. The van der Waals surface area contributed by atoms with Crippen molar-refractivity contribution in [2.75, 3.05) is 0 Å². The van der Waals surface area contributed by atoms with Gasteiger partial charge in [-0.3, -0.25) is 4.98 Å². The maximum absolute atomic E-state index is 9.21. The van der Waals surface area contributed by atoms with Gasteiger partial charge in [0.1, 0.15) is 5.82 Å². The molecule has 2 rings (SSSR count). The summed E-state index contributed by atoms with van der Waals surface area (Å²) in [5.74, 6) is 0.982. The van der Waals surface area contributed by atoms with E-state index >= 15 is 0 Å². The Balaban J connectivity index is 2.53. The molecule has 2 heterocycles.